The molecule has 0 fully saturated rings. The zero-order valence-electron chi connectivity index (χ0n) is 19.9. The highest BCUT2D eigenvalue weighted by Crippen LogP contribution is 2.27. The molecule has 0 bridgehead atoms. The fourth-order valence-electron chi connectivity index (χ4n) is 3.44. The van der Waals surface area contributed by atoms with Gasteiger partial charge >= 0.3 is 0 Å². The average molecular weight is 490 g/mol. The number of halogens is 1. The van der Waals surface area contributed by atoms with Crippen LogP contribution in [-0.4, -0.2) is 48.5 Å². The Morgan fingerprint density at radius 2 is 2.03 bits per heavy atom. The molecule has 11 heteroatoms. The number of carbonyl (C=O) groups is 1. The lowest BCUT2D eigenvalue weighted by molar-refractivity contribution is -0.00177. The van der Waals surface area contributed by atoms with Crippen LogP contribution in [0.15, 0.2) is 59.8 Å². The van der Waals surface area contributed by atoms with E-state index in [2.05, 4.69) is 20.7 Å². The molecule has 3 N–H and O–H groups in total. The lowest BCUT2D eigenvalue weighted by Gasteiger charge is -2.22. The van der Waals surface area contributed by atoms with E-state index >= 15 is 0 Å². The van der Waals surface area contributed by atoms with Crippen LogP contribution in [0.4, 0.5) is 15.8 Å². The van der Waals surface area contributed by atoms with Gasteiger partial charge in [0.1, 0.15) is 12.2 Å². The fourth-order valence-corrected chi connectivity index (χ4v) is 3.44. The van der Waals surface area contributed by atoms with Gasteiger partial charge in [-0.2, -0.15) is 10.4 Å². The van der Waals surface area contributed by atoms with E-state index in [1.807, 2.05) is 6.07 Å². The van der Waals surface area contributed by atoms with Crippen molar-refractivity contribution in [2.75, 3.05) is 11.9 Å². The van der Waals surface area contributed by atoms with Crippen molar-refractivity contribution < 1.29 is 14.3 Å². The molecule has 4 aromatic rings. The van der Waals surface area contributed by atoms with Gasteiger partial charge in [-0.1, -0.05) is 0 Å². The van der Waals surface area contributed by atoms with Crippen LogP contribution in [-0.2, 0) is 7.05 Å². The number of rotatable bonds is 7. The van der Waals surface area contributed by atoms with Gasteiger partial charge in [-0.3, -0.25) is 14.6 Å². The molecule has 1 amide bonds. The quantitative estimate of drug-likeness (QED) is 0.363. The van der Waals surface area contributed by atoms with E-state index in [0.717, 1.165) is 0 Å². The first-order chi connectivity index (χ1) is 17.1. The maximum atomic E-state index is 14.2. The summed E-state index contributed by atoms with van der Waals surface area (Å²) in [6, 6.07) is 12.0. The first kappa shape index (κ1) is 24.6. The van der Waals surface area contributed by atoms with Crippen LogP contribution in [0.1, 0.15) is 29.8 Å². The highest BCUT2D eigenvalue weighted by atomic mass is 19.1. The molecular weight excluding hydrogens is 465 g/mol. The molecule has 36 heavy (non-hydrogen) atoms. The van der Waals surface area contributed by atoms with E-state index in [0.29, 0.717) is 33.8 Å². The third-order valence-electron chi connectivity index (χ3n) is 5.63. The number of aryl methyl sites for hydroxylation is 1. The van der Waals surface area contributed by atoms with E-state index in [-0.39, 0.29) is 11.1 Å². The minimum absolute atomic E-state index is 0.114. The molecule has 184 valence electrons. The van der Waals surface area contributed by atoms with Gasteiger partial charge in [0.05, 0.1) is 52.1 Å². The number of carbonyl (C=O) groups excluding carboxylic acids is 1. The molecule has 0 spiro atoms. The number of nitriles is 1. The molecule has 1 unspecified atom stereocenters. The smallest absolute Gasteiger partial charge is 0.255 e. The maximum Gasteiger partial charge on any atom is 0.255 e. The number of alkyl halides is 1. The number of pyridine rings is 2. The van der Waals surface area contributed by atoms with Crippen molar-refractivity contribution in [3.8, 4) is 17.5 Å². The molecule has 0 aromatic carbocycles. The van der Waals surface area contributed by atoms with E-state index in [9.17, 15) is 19.1 Å². The molecule has 0 saturated carbocycles. The zero-order chi connectivity index (χ0) is 26.0. The van der Waals surface area contributed by atoms with Crippen LogP contribution in [0, 0.1) is 11.3 Å². The molecule has 4 heterocycles. The molecule has 0 saturated heterocycles. The Balaban J connectivity index is 1.73. The van der Waals surface area contributed by atoms with Crippen molar-refractivity contribution >= 4 is 22.8 Å². The predicted molar refractivity (Wildman–Crippen MR) is 132 cm³/mol. The van der Waals surface area contributed by atoms with Crippen molar-refractivity contribution in [3.05, 3.63) is 76.5 Å². The van der Waals surface area contributed by atoms with Crippen LogP contribution in [0.2, 0.25) is 0 Å². The number of hydrogen-bond acceptors (Lipinski definition) is 7. The molecular formula is C25H24FN7O3. The second-order valence-electron chi connectivity index (χ2n) is 8.85. The van der Waals surface area contributed by atoms with Crippen molar-refractivity contribution in [3.63, 3.8) is 0 Å². The largest absolute Gasteiger partial charge is 0.387 e. The number of amides is 1. The Hall–Kier alpha value is -4.56. The predicted octanol–water partition coefficient (Wildman–Crippen LogP) is 2.55. The van der Waals surface area contributed by atoms with Gasteiger partial charge in [0.2, 0.25) is 0 Å². The first-order valence-corrected chi connectivity index (χ1v) is 11.0. The summed E-state index contributed by atoms with van der Waals surface area (Å²) < 4.78 is 17.2. The third-order valence-corrected chi connectivity index (χ3v) is 5.63. The Kier molecular flexibility index (Phi) is 6.55. The number of anilines is 2. The Morgan fingerprint density at radius 3 is 2.72 bits per heavy atom. The lowest BCUT2D eigenvalue weighted by atomic mass is 10.0. The van der Waals surface area contributed by atoms with Crippen LogP contribution in [0.3, 0.4) is 0 Å². The SMILES string of the molecule is Cn1ccc(Nc2cc(-c3ccc4cc(C#N)cnn34)ncc2C(=O)NCC(F)C(C)(C)O)cc1=O. The Bertz CT molecular complexity index is 1550. The van der Waals surface area contributed by atoms with E-state index in [1.165, 1.54) is 36.9 Å². The van der Waals surface area contributed by atoms with Crippen LogP contribution in [0.25, 0.3) is 16.9 Å². The summed E-state index contributed by atoms with van der Waals surface area (Å²) in [7, 11) is 1.62. The van der Waals surface area contributed by atoms with E-state index in [4.69, 9.17) is 5.26 Å². The summed E-state index contributed by atoms with van der Waals surface area (Å²) in [6.45, 7) is 2.24. The van der Waals surface area contributed by atoms with E-state index < -0.39 is 24.2 Å². The molecule has 0 radical (unpaired) electrons. The van der Waals surface area contributed by atoms with Gasteiger partial charge in [-0.15, -0.1) is 0 Å². The summed E-state index contributed by atoms with van der Waals surface area (Å²) in [4.78, 5) is 29.4. The Labute approximate surface area is 205 Å². The summed E-state index contributed by atoms with van der Waals surface area (Å²) >= 11 is 0. The standard InChI is InChI=1S/C25H24FN7O3/c1-25(2,36)22(26)14-29-24(35)18-13-28-20(10-19(18)31-16-6-7-32(3)23(34)9-16)21-5-4-17-8-15(11-27)12-30-33(17)21/h4-10,12-13,22,36H,14H2,1-3H3,(H,28,31)(H,29,35). The van der Waals surface area contributed by atoms with Gasteiger partial charge in [-0.05, 0) is 44.2 Å². The molecule has 0 aliphatic heterocycles. The van der Waals surface area contributed by atoms with Crippen molar-refractivity contribution in [1.82, 2.24) is 24.5 Å². The number of hydrogen-bond donors (Lipinski definition) is 3. The second kappa shape index (κ2) is 9.59. The third kappa shape index (κ3) is 5.08. The molecule has 10 nitrogen and oxygen atoms in total. The van der Waals surface area contributed by atoms with Crippen molar-refractivity contribution in [2.24, 2.45) is 7.05 Å². The number of nitrogens with one attached hydrogen (secondary N) is 2. The number of aromatic nitrogens is 4. The number of nitrogens with zero attached hydrogens (tertiary/aromatic N) is 5. The summed E-state index contributed by atoms with van der Waals surface area (Å²) in [5, 5.41) is 28.8. The van der Waals surface area contributed by atoms with Crippen molar-refractivity contribution in [1.29, 1.82) is 5.26 Å². The normalized spacial score (nSPS) is 12.2. The summed E-state index contributed by atoms with van der Waals surface area (Å²) in [6.07, 6.45) is 2.68. The summed E-state index contributed by atoms with van der Waals surface area (Å²) in [5.41, 5.74) is 1.20. The first-order valence-electron chi connectivity index (χ1n) is 11.0. The maximum absolute atomic E-state index is 14.2. The lowest BCUT2D eigenvalue weighted by Crippen LogP contribution is -2.42. The van der Waals surface area contributed by atoms with Crippen molar-refractivity contribution in [2.45, 2.75) is 25.6 Å². The van der Waals surface area contributed by atoms with Gasteiger partial charge < -0.3 is 20.3 Å². The number of fused-ring (bicyclic) bond motifs is 1. The van der Waals surface area contributed by atoms with Crippen LogP contribution < -0.4 is 16.2 Å². The van der Waals surface area contributed by atoms with Gasteiger partial charge in [0, 0.05) is 31.2 Å². The molecule has 0 aliphatic rings. The van der Waals surface area contributed by atoms with Crippen LogP contribution in [0.5, 0.6) is 0 Å². The molecule has 0 aliphatic carbocycles. The average Bonchev–Trinajstić information content (AvgIpc) is 3.27. The summed E-state index contributed by atoms with van der Waals surface area (Å²) in [5.74, 6) is -0.607. The number of aliphatic hydroxyl groups is 1. The zero-order valence-corrected chi connectivity index (χ0v) is 19.9. The molecule has 1 atom stereocenters. The van der Waals surface area contributed by atoms with E-state index in [1.54, 1.807) is 48.1 Å². The topological polar surface area (TPSA) is 137 Å². The highest BCUT2D eigenvalue weighted by molar-refractivity contribution is 6.00. The van der Waals surface area contributed by atoms with Crippen LogP contribution >= 0.6 is 0 Å². The Morgan fingerprint density at radius 1 is 1.25 bits per heavy atom. The molecule has 4 rings (SSSR count). The fraction of sp³-hybridized carbons (Fsp3) is 0.240. The minimum atomic E-state index is -1.68. The van der Waals surface area contributed by atoms with Gasteiger partial charge in [-0.25, -0.2) is 8.91 Å². The minimum Gasteiger partial charge on any atom is -0.387 e. The van der Waals surface area contributed by atoms with Gasteiger partial charge in [0.15, 0.2) is 0 Å². The monoisotopic (exact) mass is 489 g/mol. The van der Waals surface area contributed by atoms with Gasteiger partial charge in [0.25, 0.3) is 11.5 Å². The highest BCUT2D eigenvalue weighted by Gasteiger charge is 2.27. The molecule has 4 aromatic heterocycles. The second-order valence-corrected chi connectivity index (χ2v) is 8.85.